The van der Waals surface area contributed by atoms with E-state index in [0.717, 1.165) is 11.3 Å². The summed E-state index contributed by atoms with van der Waals surface area (Å²) in [4.78, 5) is 51.7. The topological polar surface area (TPSA) is 134 Å². The number of carbonyl (C=O) groups excluding carboxylic acids is 4. The Hall–Kier alpha value is -2.50. The van der Waals surface area contributed by atoms with Gasteiger partial charge in [0, 0.05) is 17.9 Å². The van der Waals surface area contributed by atoms with Crippen LogP contribution < -0.4 is 16.0 Å². The highest BCUT2D eigenvalue weighted by atomic mass is 33.1. The van der Waals surface area contributed by atoms with Crippen LogP contribution in [0.4, 0.5) is 0 Å². The SMILES string of the molecule is C[C@H]1NC(=O)[C@H]2CSSCC/C=C/[C@H](CC(=O)N[C@H](Cc3ccccc3)C(=O)N2)OC(=O)C[C@@H]1O. The molecule has 4 N–H and O–H groups in total. The molecule has 3 amide bonds. The number of ether oxygens (including phenoxy) is 1. The molecule has 1 saturated heterocycles. The van der Waals surface area contributed by atoms with E-state index in [9.17, 15) is 24.3 Å². The maximum atomic E-state index is 13.3. The number of esters is 1. The lowest BCUT2D eigenvalue weighted by Crippen LogP contribution is -2.57. The Labute approximate surface area is 212 Å². The van der Waals surface area contributed by atoms with Crippen molar-refractivity contribution in [2.24, 2.45) is 0 Å². The molecule has 190 valence electrons. The maximum Gasteiger partial charge on any atom is 0.309 e. The number of nitrogens with one attached hydrogen (secondary N) is 3. The van der Waals surface area contributed by atoms with Gasteiger partial charge >= 0.3 is 5.97 Å². The number of carbonyl (C=O) groups is 4. The Morgan fingerprint density at radius 2 is 1.77 bits per heavy atom. The van der Waals surface area contributed by atoms with Crippen LogP contribution in [0.1, 0.15) is 31.7 Å². The largest absolute Gasteiger partial charge is 0.457 e. The first-order valence-electron chi connectivity index (χ1n) is 11.5. The minimum Gasteiger partial charge on any atom is -0.457 e. The van der Waals surface area contributed by atoms with E-state index in [1.807, 2.05) is 36.4 Å². The Bertz CT molecular complexity index is 929. The van der Waals surface area contributed by atoms with Crippen LogP contribution in [0.3, 0.4) is 0 Å². The van der Waals surface area contributed by atoms with E-state index in [-0.39, 0.29) is 19.3 Å². The molecule has 1 fully saturated rings. The van der Waals surface area contributed by atoms with Gasteiger partial charge in [-0.15, -0.1) is 0 Å². The molecule has 0 radical (unpaired) electrons. The van der Waals surface area contributed by atoms with Crippen LogP contribution >= 0.6 is 21.6 Å². The number of benzene rings is 1. The van der Waals surface area contributed by atoms with Crippen LogP contribution in [0.15, 0.2) is 42.5 Å². The third-order valence-corrected chi connectivity index (χ3v) is 8.04. The molecule has 0 spiro atoms. The quantitative estimate of drug-likeness (QED) is 0.258. The normalized spacial score (nSPS) is 30.4. The molecular weight excluding hydrogens is 490 g/mol. The zero-order valence-corrected chi connectivity index (χ0v) is 21.1. The molecule has 3 rings (SSSR count). The van der Waals surface area contributed by atoms with Crippen molar-refractivity contribution in [1.82, 2.24) is 16.0 Å². The van der Waals surface area contributed by atoms with E-state index < -0.39 is 54.0 Å². The van der Waals surface area contributed by atoms with Gasteiger partial charge in [-0.1, -0.05) is 58.0 Å². The predicted molar refractivity (Wildman–Crippen MR) is 135 cm³/mol. The van der Waals surface area contributed by atoms with E-state index in [0.29, 0.717) is 12.2 Å². The smallest absolute Gasteiger partial charge is 0.309 e. The van der Waals surface area contributed by atoms with Gasteiger partial charge in [0.1, 0.15) is 18.2 Å². The van der Waals surface area contributed by atoms with Gasteiger partial charge in [0.05, 0.1) is 25.0 Å². The van der Waals surface area contributed by atoms with Gasteiger partial charge in [-0.05, 0) is 25.0 Å². The van der Waals surface area contributed by atoms with Crippen LogP contribution in [0.25, 0.3) is 0 Å². The minimum absolute atomic E-state index is 0.172. The fraction of sp³-hybridized carbons (Fsp3) is 0.500. The zero-order chi connectivity index (χ0) is 25.2. The third kappa shape index (κ3) is 8.90. The Balaban J connectivity index is 1.95. The molecule has 2 heterocycles. The van der Waals surface area contributed by atoms with Crippen LogP contribution in [-0.2, 0) is 30.3 Å². The molecule has 0 unspecified atom stereocenters. The van der Waals surface area contributed by atoms with Crippen molar-refractivity contribution in [3.05, 3.63) is 48.0 Å². The fourth-order valence-electron chi connectivity index (χ4n) is 3.62. The predicted octanol–water partition coefficient (Wildman–Crippen LogP) is 1.11. The van der Waals surface area contributed by atoms with Crippen molar-refractivity contribution < 1.29 is 29.0 Å². The molecule has 0 saturated carbocycles. The summed E-state index contributed by atoms with van der Waals surface area (Å²) in [6.07, 6.45) is 1.87. The van der Waals surface area contributed by atoms with E-state index in [4.69, 9.17) is 4.74 Å². The highest BCUT2D eigenvalue weighted by Gasteiger charge is 2.31. The van der Waals surface area contributed by atoms with Crippen LogP contribution in [-0.4, -0.2) is 70.6 Å². The molecule has 1 aromatic carbocycles. The van der Waals surface area contributed by atoms with Crippen molar-refractivity contribution in [1.29, 1.82) is 0 Å². The van der Waals surface area contributed by atoms with Gasteiger partial charge in [0.2, 0.25) is 17.7 Å². The van der Waals surface area contributed by atoms with E-state index in [1.165, 1.54) is 10.8 Å². The highest BCUT2D eigenvalue weighted by Crippen LogP contribution is 2.24. The number of rotatable bonds is 2. The van der Waals surface area contributed by atoms with Crippen molar-refractivity contribution in [2.45, 2.75) is 62.9 Å². The maximum absolute atomic E-state index is 13.3. The lowest BCUT2D eigenvalue weighted by Gasteiger charge is -2.25. The molecule has 1 aromatic rings. The summed E-state index contributed by atoms with van der Waals surface area (Å²) in [5, 5.41) is 18.6. The van der Waals surface area contributed by atoms with Gasteiger partial charge in [0.15, 0.2) is 0 Å². The summed E-state index contributed by atoms with van der Waals surface area (Å²) < 4.78 is 5.47. The molecule has 5 atom stereocenters. The van der Waals surface area contributed by atoms with E-state index in [2.05, 4.69) is 16.0 Å². The molecule has 35 heavy (non-hydrogen) atoms. The Morgan fingerprint density at radius 1 is 1.00 bits per heavy atom. The summed E-state index contributed by atoms with van der Waals surface area (Å²) in [5.41, 5.74) is 0.842. The van der Waals surface area contributed by atoms with Crippen LogP contribution in [0.2, 0.25) is 0 Å². The fourth-order valence-corrected chi connectivity index (χ4v) is 5.78. The number of allylic oxidation sites excluding steroid dienone is 1. The monoisotopic (exact) mass is 521 g/mol. The molecule has 2 aliphatic rings. The molecule has 11 heteroatoms. The number of aliphatic hydroxyl groups is 1. The second kappa shape index (κ2) is 13.6. The Morgan fingerprint density at radius 3 is 2.54 bits per heavy atom. The van der Waals surface area contributed by atoms with Gasteiger partial charge in [-0.2, -0.15) is 0 Å². The van der Waals surface area contributed by atoms with Gasteiger partial charge in [-0.25, -0.2) is 0 Å². The lowest BCUT2D eigenvalue weighted by atomic mass is 10.0. The molecule has 0 aromatic heterocycles. The van der Waals surface area contributed by atoms with Gasteiger partial charge < -0.3 is 25.8 Å². The Kier molecular flexibility index (Phi) is 10.5. The number of hydrogen-bond acceptors (Lipinski definition) is 8. The minimum atomic E-state index is -1.19. The summed E-state index contributed by atoms with van der Waals surface area (Å²) in [6, 6.07) is 6.67. The van der Waals surface area contributed by atoms with Gasteiger partial charge in [0.25, 0.3) is 0 Å². The van der Waals surface area contributed by atoms with Crippen LogP contribution in [0, 0.1) is 0 Å². The summed E-state index contributed by atoms with van der Waals surface area (Å²) in [6.45, 7) is 1.58. The molecule has 0 aliphatic carbocycles. The molecule has 2 bridgehead atoms. The summed E-state index contributed by atoms with van der Waals surface area (Å²) >= 11 is 0. The lowest BCUT2D eigenvalue weighted by molar-refractivity contribution is -0.151. The summed E-state index contributed by atoms with van der Waals surface area (Å²) in [7, 11) is 3.01. The third-order valence-electron chi connectivity index (χ3n) is 5.60. The molecule has 2 aliphatic heterocycles. The van der Waals surface area contributed by atoms with Crippen molar-refractivity contribution in [2.75, 3.05) is 11.5 Å². The van der Waals surface area contributed by atoms with Crippen molar-refractivity contribution >= 4 is 45.3 Å². The average Bonchev–Trinajstić information content (AvgIpc) is 2.81. The average molecular weight is 522 g/mol. The molecular formula is C24H31N3O6S2. The van der Waals surface area contributed by atoms with E-state index >= 15 is 0 Å². The highest BCUT2D eigenvalue weighted by molar-refractivity contribution is 8.76. The van der Waals surface area contributed by atoms with Crippen LogP contribution in [0.5, 0.6) is 0 Å². The van der Waals surface area contributed by atoms with E-state index in [1.54, 1.807) is 23.8 Å². The standard InChI is InChI=1S/C24H31N3O6S2/c1-15-20(28)13-22(30)33-17-9-5-6-10-34-35-14-19(24(32)25-15)27-23(31)18(26-21(29)12-17)11-16-7-3-2-4-8-16/h2-5,7-9,15,17-20,28H,6,10-14H2,1H3,(H,25,32)(H,26,29)(H,27,31)/b9-5+/t15-,17-,18-,19-,20+/m1/s1. The second-order valence-corrected chi connectivity index (χ2v) is 11.1. The number of hydrogen-bond donors (Lipinski definition) is 4. The van der Waals surface area contributed by atoms with Crippen molar-refractivity contribution in [3.8, 4) is 0 Å². The first-order valence-corrected chi connectivity index (χ1v) is 14.0. The number of fused-ring (bicyclic) bond motifs is 7. The first kappa shape index (κ1) is 27.1. The van der Waals surface area contributed by atoms with Crippen molar-refractivity contribution in [3.63, 3.8) is 0 Å². The molecule has 9 nitrogen and oxygen atoms in total. The summed E-state index contributed by atoms with van der Waals surface area (Å²) in [5.74, 6) is -1.08. The number of amides is 3. The zero-order valence-electron chi connectivity index (χ0n) is 19.5. The second-order valence-electron chi connectivity index (χ2n) is 8.50. The first-order chi connectivity index (χ1) is 16.8. The van der Waals surface area contributed by atoms with Gasteiger partial charge in [-0.3, -0.25) is 19.2 Å². The number of aliphatic hydroxyl groups excluding tert-OH is 1.